The van der Waals surface area contributed by atoms with Crippen molar-refractivity contribution in [2.75, 3.05) is 13.1 Å². The van der Waals surface area contributed by atoms with Crippen LogP contribution >= 0.6 is 11.3 Å². The molecule has 0 fully saturated rings. The van der Waals surface area contributed by atoms with Crippen LogP contribution in [0.25, 0.3) is 0 Å². The van der Waals surface area contributed by atoms with E-state index in [4.69, 9.17) is 14.1 Å². The van der Waals surface area contributed by atoms with Crippen LogP contribution in [0, 0.1) is 11.3 Å². The number of nitriles is 1. The predicted octanol–water partition coefficient (Wildman–Crippen LogP) is 4.03. The minimum absolute atomic E-state index is 0.137. The minimum Gasteiger partial charge on any atom is -0.468 e. The molecule has 0 spiro atoms. The Morgan fingerprint density at radius 2 is 2.14 bits per heavy atom. The van der Waals surface area contributed by atoms with Crippen molar-refractivity contribution >= 4 is 23.0 Å². The first-order valence-corrected chi connectivity index (χ1v) is 10.2. The molecule has 148 valence electrons. The third-order valence-corrected chi connectivity index (χ3v) is 5.62. The molecule has 3 aromatic heterocycles. The number of hydrogen-bond acceptors (Lipinski definition) is 7. The second-order valence-electron chi connectivity index (χ2n) is 6.70. The van der Waals surface area contributed by atoms with E-state index in [1.165, 1.54) is 5.01 Å². The van der Waals surface area contributed by atoms with Crippen LogP contribution in [-0.2, 0) is 11.3 Å². The molecule has 4 heterocycles. The number of hydrazone groups is 1. The molecule has 0 bridgehead atoms. The van der Waals surface area contributed by atoms with Gasteiger partial charge in [-0.15, -0.1) is 11.3 Å². The van der Waals surface area contributed by atoms with Crippen LogP contribution in [0.1, 0.15) is 35.3 Å². The average molecular weight is 408 g/mol. The molecule has 0 saturated heterocycles. The summed E-state index contributed by atoms with van der Waals surface area (Å²) in [5, 5.41) is 17.1. The van der Waals surface area contributed by atoms with Gasteiger partial charge in [-0.1, -0.05) is 6.07 Å². The first-order valence-electron chi connectivity index (χ1n) is 9.33. The Balaban J connectivity index is 1.53. The monoisotopic (exact) mass is 408 g/mol. The van der Waals surface area contributed by atoms with Crippen molar-refractivity contribution in [3.63, 3.8) is 0 Å². The van der Waals surface area contributed by atoms with Gasteiger partial charge >= 0.3 is 0 Å². The molecular weight excluding hydrogens is 388 g/mol. The van der Waals surface area contributed by atoms with Crippen molar-refractivity contribution in [3.8, 4) is 6.07 Å². The zero-order chi connectivity index (χ0) is 20.1. The Morgan fingerprint density at radius 1 is 1.28 bits per heavy atom. The second kappa shape index (κ2) is 8.90. The third kappa shape index (κ3) is 4.47. The Bertz CT molecular complexity index is 988. The van der Waals surface area contributed by atoms with Crippen molar-refractivity contribution < 1.29 is 13.6 Å². The minimum atomic E-state index is -0.268. The van der Waals surface area contributed by atoms with Crippen LogP contribution < -0.4 is 0 Å². The molecule has 0 aliphatic carbocycles. The lowest BCUT2D eigenvalue weighted by molar-refractivity contribution is -0.134. The molecule has 0 saturated carbocycles. The number of amides is 1. The highest BCUT2D eigenvalue weighted by atomic mass is 32.1. The van der Waals surface area contributed by atoms with Crippen LogP contribution in [0.2, 0.25) is 0 Å². The molecule has 8 heteroatoms. The summed E-state index contributed by atoms with van der Waals surface area (Å²) in [6.07, 6.45) is 4.15. The summed E-state index contributed by atoms with van der Waals surface area (Å²) in [6, 6.07) is 13.2. The van der Waals surface area contributed by atoms with E-state index in [-0.39, 0.29) is 18.5 Å². The molecule has 1 amide bonds. The highest BCUT2D eigenvalue weighted by Crippen LogP contribution is 2.34. The van der Waals surface area contributed by atoms with E-state index >= 15 is 0 Å². The van der Waals surface area contributed by atoms with Gasteiger partial charge < -0.3 is 8.83 Å². The number of thiophene rings is 1. The smallest absolute Gasteiger partial charge is 0.257 e. The van der Waals surface area contributed by atoms with Crippen molar-refractivity contribution in [1.29, 1.82) is 5.26 Å². The first-order chi connectivity index (χ1) is 14.2. The topological polar surface area (TPSA) is 86.0 Å². The Morgan fingerprint density at radius 3 is 2.83 bits per heavy atom. The molecule has 1 aliphatic heterocycles. The largest absolute Gasteiger partial charge is 0.468 e. The van der Waals surface area contributed by atoms with E-state index in [1.54, 1.807) is 23.9 Å². The summed E-state index contributed by atoms with van der Waals surface area (Å²) in [5.41, 5.74) is 0.879. The van der Waals surface area contributed by atoms with E-state index in [9.17, 15) is 4.79 Å². The van der Waals surface area contributed by atoms with Crippen LogP contribution in [0.4, 0.5) is 0 Å². The van der Waals surface area contributed by atoms with Gasteiger partial charge in [0, 0.05) is 19.4 Å². The zero-order valence-electron chi connectivity index (χ0n) is 15.7. The maximum atomic E-state index is 13.2. The molecule has 1 aliphatic rings. The molecule has 0 radical (unpaired) electrons. The van der Waals surface area contributed by atoms with Crippen LogP contribution in [0.15, 0.2) is 68.2 Å². The van der Waals surface area contributed by atoms with E-state index in [0.717, 1.165) is 16.3 Å². The lowest BCUT2D eigenvalue weighted by Gasteiger charge is -2.24. The molecule has 7 nitrogen and oxygen atoms in total. The standard InChI is InChI=1S/C21H20N4O3S/c22-8-4-9-24(14-16-5-1-10-27-16)15-21(26)25-18(19-6-2-11-28-19)13-17(23-25)20-7-3-12-29-20/h1-3,5-7,10-12,18H,4,9,13-15H2. The number of hydrogen-bond donors (Lipinski definition) is 0. The molecule has 1 atom stereocenters. The molecule has 1 unspecified atom stereocenters. The maximum absolute atomic E-state index is 13.2. The Hall–Kier alpha value is -3.15. The lowest BCUT2D eigenvalue weighted by Crippen LogP contribution is -2.38. The molecule has 29 heavy (non-hydrogen) atoms. The number of furan rings is 2. The Labute approximate surface area is 172 Å². The summed E-state index contributed by atoms with van der Waals surface area (Å²) in [6.45, 7) is 1.08. The summed E-state index contributed by atoms with van der Waals surface area (Å²) < 4.78 is 11.0. The summed E-state index contributed by atoms with van der Waals surface area (Å²) >= 11 is 1.60. The number of carbonyl (C=O) groups excluding carboxylic acids is 1. The highest BCUT2D eigenvalue weighted by molar-refractivity contribution is 7.12. The van der Waals surface area contributed by atoms with Crippen LogP contribution in [0.3, 0.4) is 0 Å². The summed E-state index contributed by atoms with van der Waals surface area (Å²) in [5.74, 6) is 1.33. The van der Waals surface area contributed by atoms with E-state index < -0.39 is 0 Å². The highest BCUT2D eigenvalue weighted by Gasteiger charge is 2.35. The maximum Gasteiger partial charge on any atom is 0.257 e. The van der Waals surface area contributed by atoms with Crippen molar-refractivity contribution in [2.24, 2.45) is 5.10 Å². The van der Waals surface area contributed by atoms with Crippen molar-refractivity contribution in [2.45, 2.75) is 25.4 Å². The predicted molar refractivity (Wildman–Crippen MR) is 108 cm³/mol. The van der Waals surface area contributed by atoms with E-state index in [0.29, 0.717) is 31.7 Å². The fourth-order valence-corrected chi connectivity index (χ4v) is 4.06. The van der Waals surface area contributed by atoms with Crippen LogP contribution in [-0.4, -0.2) is 34.6 Å². The molecule has 4 rings (SSSR count). The number of carbonyl (C=O) groups is 1. The van der Waals surface area contributed by atoms with Crippen LogP contribution in [0.5, 0.6) is 0 Å². The SMILES string of the molecule is N#CCCN(CC(=O)N1N=C(c2cccs2)CC1c1ccco1)Cc1ccco1. The van der Waals surface area contributed by atoms with Gasteiger partial charge in [-0.2, -0.15) is 10.4 Å². The van der Waals surface area contributed by atoms with E-state index in [2.05, 4.69) is 11.2 Å². The van der Waals surface area contributed by atoms with Gasteiger partial charge in [-0.05, 0) is 35.7 Å². The average Bonchev–Trinajstić information content (AvgIpc) is 3.51. The molecule has 0 N–H and O–H groups in total. The van der Waals surface area contributed by atoms with Gasteiger partial charge in [0.1, 0.15) is 17.6 Å². The fourth-order valence-electron chi connectivity index (χ4n) is 3.34. The molecular formula is C21H20N4O3S. The quantitative estimate of drug-likeness (QED) is 0.562. The summed E-state index contributed by atoms with van der Waals surface area (Å²) in [7, 11) is 0. The zero-order valence-corrected chi connectivity index (χ0v) is 16.5. The second-order valence-corrected chi connectivity index (χ2v) is 7.64. The van der Waals surface area contributed by atoms with Gasteiger partial charge in [-0.25, -0.2) is 5.01 Å². The Kier molecular flexibility index (Phi) is 5.89. The normalized spacial score (nSPS) is 16.2. The molecule has 0 aromatic carbocycles. The van der Waals surface area contributed by atoms with Gasteiger partial charge in [0.15, 0.2) is 0 Å². The summed E-state index contributed by atoms with van der Waals surface area (Å²) in [4.78, 5) is 16.1. The number of rotatable bonds is 8. The first kappa shape index (κ1) is 19.2. The van der Waals surface area contributed by atoms with Gasteiger partial charge in [0.2, 0.25) is 0 Å². The van der Waals surface area contributed by atoms with Crippen molar-refractivity contribution in [1.82, 2.24) is 9.91 Å². The molecule has 3 aromatic rings. The van der Waals surface area contributed by atoms with Crippen molar-refractivity contribution in [3.05, 3.63) is 70.7 Å². The van der Waals surface area contributed by atoms with Gasteiger partial charge in [-0.3, -0.25) is 9.69 Å². The number of nitrogens with zero attached hydrogens (tertiary/aromatic N) is 4. The van der Waals surface area contributed by atoms with E-state index in [1.807, 2.05) is 46.7 Å². The third-order valence-electron chi connectivity index (χ3n) is 4.70. The van der Waals surface area contributed by atoms with Gasteiger partial charge in [0.05, 0.1) is 42.3 Å². The fraction of sp³-hybridized carbons (Fsp3) is 0.286. The lowest BCUT2D eigenvalue weighted by atomic mass is 10.1. The van der Waals surface area contributed by atoms with Gasteiger partial charge in [0.25, 0.3) is 5.91 Å².